The van der Waals surface area contributed by atoms with Crippen LogP contribution >= 0.6 is 0 Å². The fourth-order valence-electron chi connectivity index (χ4n) is 3.00. The van der Waals surface area contributed by atoms with E-state index in [2.05, 4.69) is 15.6 Å². The largest absolute Gasteiger partial charge is 0.481 e. The highest BCUT2D eigenvalue weighted by atomic mass is 19.4. The van der Waals surface area contributed by atoms with Gasteiger partial charge in [0.05, 0.1) is 13.0 Å². The SMILES string of the molecule is NC(N)=NCCC[C@](N)(C(=O)NCC(=O)N[C@@H](CC(=O)O)C(=O)NCCc1ccccc1)C(F)(F)F. The van der Waals surface area contributed by atoms with Crippen LogP contribution in [0.1, 0.15) is 24.8 Å². The Bertz CT molecular complexity index is 940. The van der Waals surface area contributed by atoms with Gasteiger partial charge in [0.15, 0.2) is 11.5 Å². The predicted octanol–water partition coefficient (Wildman–Crippen LogP) is -1.27. The Kier molecular flexibility index (Phi) is 11.6. The number of hydrogen-bond donors (Lipinski definition) is 7. The lowest BCUT2D eigenvalue weighted by atomic mass is 9.92. The number of alkyl halides is 3. The summed E-state index contributed by atoms with van der Waals surface area (Å²) in [5.74, 6) is -5.32. The van der Waals surface area contributed by atoms with Crippen molar-refractivity contribution in [3.63, 3.8) is 0 Å². The summed E-state index contributed by atoms with van der Waals surface area (Å²) in [7, 11) is 0. The number of carboxylic acid groups (broad SMARTS) is 1. The summed E-state index contributed by atoms with van der Waals surface area (Å²) >= 11 is 0. The van der Waals surface area contributed by atoms with Crippen molar-refractivity contribution in [2.24, 2.45) is 22.2 Å². The number of amides is 3. The van der Waals surface area contributed by atoms with Crippen LogP contribution in [-0.4, -0.2) is 72.1 Å². The van der Waals surface area contributed by atoms with Crippen molar-refractivity contribution in [1.82, 2.24) is 16.0 Å². The number of rotatable bonds is 14. The first kappa shape index (κ1) is 30.2. The fraction of sp³-hybridized carbons (Fsp3) is 0.476. The molecule has 0 aliphatic heterocycles. The Hall–Kier alpha value is -3.88. The number of aliphatic carboxylic acids is 1. The molecule has 12 nitrogen and oxygen atoms in total. The quantitative estimate of drug-likeness (QED) is 0.0895. The summed E-state index contributed by atoms with van der Waals surface area (Å²) in [4.78, 5) is 51.4. The van der Waals surface area contributed by atoms with Crippen molar-refractivity contribution < 1.29 is 37.5 Å². The molecule has 1 aromatic rings. The average molecular weight is 518 g/mol. The van der Waals surface area contributed by atoms with Crippen molar-refractivity contribution in [2.45, 2.75) is 43.4 Å². The molecule has 0 aliphatic carbocycles. The standard InChI is InChI=1S/C21H30F3N7O5/c22-21(23,24)20(27,8-4-9-29-19(25)26)18(36)30-12-15(32)31-14(11-16(33)34)17(35)28-10-7-13-5-2-1-3-6-13/h1-3,5-6,14H,4,7-12,27H2,(H,28,35)(H,30,36)(H,31,32)(H,33,34)(H4,25,26,29)/t14-,20-/m0/s1. The van der Waals surface area contributed by atoms with Crippen LogP contribution in [-0.2, 0) is 25.6 Å². The fourth-order valence-corrected chi connectivity index (χ4v) is 3.00. The number of nitrogens with two attached hydrogens (primary N) is 3. The molecule has 0 saturated heterocycles. The number of halogens is 3. The van der Waals surface area contributed by atoms with Crippen molar-refractivity contribution in [3.8, 4) is 0 Å². The Morgan fingerprint density at radius 3 is 2.25 bits per heavy atom. The highest BCUT2D eigenvalue weighted by Crippen LogP contribution is 2.32. The molecule has 3 amide bonds. The average Bonchev–Trinajstić information content (AvgIpc) is 2.79. The zero-order valence-corrected chi connectivity index (χ0v) is 19.3. The molecule has 0 aromatic heterocycles. The van der Waals surface area contributed by atoms with E-state index in [4.69, 9.17) is 22.3 Å². The highest BCUT2D eigenvalue weighted by Gasteiger charge is 2.57. The zero-order chi connectivity index (χ0) is 27.4. The van der Waals surface area contributed by atoms with Crippen molar-refractivity contribution in [2.75, 3.05) is 19.6 Å². The number of nitrogens with zero attached hydrogens (tertiary/aromatic N) is 1. The third-order valence-corrected chi connectivity index (χ3v) is 4.93. The van der Waals surface area contributed by atoms with Gasteiger partial charge in [0, 0.05) is 13.1 Å². The first-order chi connectivity index (χ1) is 16.8. The molecular formula is C21H30F3N7O5. The van der Waals surface area contributed by atoms with E-state index in [0.717, 1.165) is 5.56 Å². The maximum atomic E-state index is 13.5. The normalized spacial score (nSPS) is 13.6. The number of carbonyl (C=O) groups is 4. The maximum absolute atomic E-state index is 13.5. The predicted molar refractivity (Wildman–Crippen MR) is 123 cm³/mol. The van der Waals surface area contributed by atoms with Crippen LogP contribution in [0.4, 0.5) is 13.2 Å². The van der Waals surface area contributed by atoms with Gasteiger partial charge < -0.3 is 38.3 Å². The molecule has 200 valence electrons. The molecule has 1 aromatic carbocycles. The van der Waals surface area contributed by atoms with Crippen LogP contribution in [0.2, 0.25) is 0 Å². The summed E-state index contributed by atoms with van der Waals surface area (Å²) < 4.78 is 40.4. The van der Waals surface area contributed by atoms with E-state index < -0.39 is 60.8 Å². The summed E-state index contributed by atoms with van der Waals surface area (Å²) in [6.45, 7) is -1.04. The molecule has 2 atom stereocenters. The van der Waals surface area contributed by atoms with Crippen LogP contribution in [0, 0.1) is 0 Å². The van der Waals surface area contributed by atoms with Gasteiger partial charge in [-0.05, 0) is 24.8 Å². The first-order valence-electron chi connectivity index (χ1n) is 10.8. The molecule has 15 heteroatoms. The van der Waals surface area contributed by atoms with Gasteiger partial charge in [0.2, 0.25) is 17.7 Å². The van der Waals surface area contributed by atoms with E-state index in [9.17, 15) is 32.3 Å². The summed E-state index contributed by atoms with van der Waals surface area (Å²) in [6, 6.07) is 7.55. The topological polar surface area (TPSA) is 215 Å². The molecule has 0 unspecified atom stereocenters. The van der Waals surface area contributed by atoms with E-state index in [0.29, 0.717) is 6.42 Å². The van der Waals surface area contributed by atoms with E-state index in [-0.39, 0.29) is 25.5 Å². The number of guanidine groups is 1. The lowest BCUT2D eigenvalue weighted by Crippen LogP contribution is -2.64. The first-order valence-corrected chi connectivity index (χ1v) is 10.8. The Labute approximate surface area is 204 Å². The van der Waals surface area contributed by atoms with Gasteiger partial charge in [-0.15, -0.1) is 0 Å². The van der Waals surface area contributed by atoms with Crippen LogP contribution in [0.5, 0.6) is 0 Å². The second-order valence-electron chi connectivity index (χ2n) is 7.81. The monoisotopic (exact) mass is 517 g/mol. The van der Waals surface area contributed by atoms with Gasteiger partial charge in [-0.2, -0.15) is 13.2 Å². The minimum absolute atomic E-state index is 0.146. The van der Waals surface area contributed by atoms with E-state index in [1.165, 1.54) is 0 Å². The molecule has 0 spiro atoms. The third kappa shape index (κ3) is 10.2. The number of benzene rings is 1. The Morgan fingerprint density at radius 1 is 1.06 bits per heavy atom. The number of nitrogens with one attached hydrogen (secondary N) is 3. The molecular weight excluding hydrogens is 487 g/mol. The van der Waals surface area contributed by atoms with Crippen LogP contribution in [0.15, 0.2) is 35.3 Å². The third-order valence-electron chi connectivity index (χ3n) is 4.93. The van der Waals surface area contributed by atoms with Crippen molar-refractivity contribution in [1.29, 1.82) is 0 Å². The molecule has 0 saturated carbocycles. The number of carboxylic acids is 1. The maximum Gasteiger partial charge on any atom is 0.415 e. The summed E-state index contributed by atoms with van der Waals surface area (Å²) in [5.41, 5.74) is 13.1. The Morgan fingerprint density at radius 2 is 1.69 bits per heavy atom. The minimum atomic E-state index is -5.16. The summed E-state index contributed by atoms with van der Waals surface area (Å²) in [5, 5.41) is 15.4. The number of aliphatic imine (C=N–C) groups is 1. The van der Waals surface area contributed by atoms with Crippen LogP contribution in [0.3, 0.4) is 0 Å². The van der Waals surface area contributed by atoms with Crippen molar-refractivity contribution >= 4 is 29.7 Å². The smallest absolute Gasteiger partial charge is 0.415 e. The molecule has 0 aliphatic rings. The lowest BCUT2D eigenvalue weighted by molar-refractivity contribution is -0.193. The molecule has 10 N–H and O–H groups in total. The van der Waals surface area contributed by atoms with Crippen LogP contribution < -0.4 is 33.2 Å². The van der Waals surface area contributed by atoms with Gasteiger partial charge in [0.25, 0.3) is 0 Å². The lowest BCUT2D eigenvalue weighted by Gasteiger charge is -2.30. The Balaban J connectivity index is 2.70. The van der Waals surface area contributed by atoms with E-state index in [1.54, 1.807) is 17.4 Å². The second-order valence-corrected chi connectivity index (χ2v) is 7.81. The molecule has 0 radical (unpaired) electrons. The summed E-state index contributed by atoms with van der Waals surface area (Å²) in [6.07, 6.45) is -6.65. The second kappa shape index (κ2) is 13.9. The molecule has 36 heavy (non-hydrogen) atoms. The molecule has 0 heterocycles. The van der Waals surface area contributed by atoms with Gasteiger partial charge >= 0.3 is 12.1 Å². The van der Waals surface area contributed by atoms with Gasteiger partial charge in [0.1, 0.15) is 6.04 Å². The molecule has 0 bridgehead atoms. The van der Waals surface area contributed by atoms with Crippen LogP contribution in [0.25, 0.3) is 0 Å². The van der Waals surface area contributed by atoms with E-state index >= 15 is 0 Å². The molecule has 0 fully saturated rings. The van der Waals surface area contributed by atoms with Crippen molar-refractivity contribution in [3.05, 3.63) is 35.9 Å². The zero-order valence-electron chi connectivity index (χ0n) is 19.3. The highest BCUT2D eigenvalue weighted by molar-refractivity contribution is 5.94. The van der Waals surface area contributed by atoms with Gasteiger partial charge in [-0.3, -0.25) is 24.2 Å². The van der Waals surface area contributed by atoms with E-state index in [1.807, 2.05) is 18.2 Å². The van der Waals surface area contributed by atoms with Gasteiger partial charge in [-0.1, -0.05) is 30.3 Å². The van der Waals surface area contributed by atoms with Gasteiger partial charge in [-0.25, -0.2) is 0 Å². The number of carbonyl (C=O) groups excluding carboxylic acids is 3. The molecule has 1 rings (SSSR count). The number of hydrogen-bond acceptors (Lipinski definition) is 6. The minimum Gasteiger partial charge on any atom is -0.481 e.